The Morgan fingerprint density at radius 3 is 2.41 bits per heavy atom. The van der Waals surface area contributed by atoms with Crippen molar-refractivity contribution in [1.82, 2.24) is 5.32 Å². The van der Waals surface area contributed by atoms with Gasteiger partial charge in [0.05, 0.1) is 6.61 Å². The van der Waals surface area contributed by atoms with Crippen LogP contribution in [0.15, 0.2) is 30.3 Å². The monoisotopic (exact) mass is 309 g/mol. The molecule has 1 amide bonds. The van der Waals surface area contributed by atoms with E-state index in [0.29, 0.717) is 6.61 Å². The lowest BCUT2D eigenvalue weighted by Gasteiger charge is -2.22. The molecule has 1 rings (SSSR count). The molecule has 0 saturated heterocycles. The van der Waals surface area contributed by atoms with E-state index in [2.05, 4.69) is 5.32 Å². The van der Waals surface area contributed by atoms with Crippen LogP contribution in [0.3, 0.4) is 0 Å². The largest absolute Gasteiger partial charge is 0.480 e. The van der Waals surface area contributed by atoms with Gasteiger partial charge in [-0.25, -0.2) is 9.59 Å². The second-order valence-corrected chi connectivity index (χ2v) is 5.86. The van der Waals surface area contributed by atoms with E-state index in [0.717, 1.165) is 5.56 Å². The molecule has 22 heavy (non-hydrogen) atoms. The van der Waals surface area contributed by atoms with Crippen LogP contribution in [0, 0.1) is 0 Å². The predicted molar refractivity (Wildman–Crippen MR) is 81.5 cm³/mol. The molecule has 1 atom stereocenters. The van der Waals surface area contributed by atoms with Crippen LogP contribution >= 0.6 is 0 Å². The van der Waals surface area contributed by atoms with Crippen molar-refractivity contribution < 1.29 is 24.2 Å². The third-order valence-corrected chi connectivity index (χ3v) is 2.65. The van der Waals surface area contributed by atoms with Gasteiger partial charge in [-0.1, -0.05) is 30.3 Å². The highest BCUT2D eigenvalue weighted by Gasteiger charge is 2.23. The summed E-state index contributed by atoms with van der Waals surface area (Å²) in [5.41, 5.74) is 0.339. The molecule has 0 fully saturated rings. The number of nitrogens with one attached hydrogen (secondary N) is 1. The Morgan fingerprint density at radius 2 is 1.86 bits per heavy atom. The zero-order valence-electron chi connectivity index (χ0n) is 13.2. The minimum Gasteiger partial charge on any atom is -0.480 e. The van der Waals surface area contributed by atoms with Crippen molar-refractivity contribution in [2.75, 3.05) is 6.61 Å². The fourth-order valence-electron chi connectivity index (χ4n) is 1.67. The summed E-state index contributed by atoms with van der Waals surface area (Å²) in [6, 6.07) is 8.53. The van der Waals surface area contributed by atoms with E-state index in [-0.39, 0.29) is 13.0 Å². The molecular formula is C16H23NO5. The summed E-state index contributed by atoms with van der Waals surface area (Å²) in [5.74, 6) is -1.12. The number of carboxylic acid groups (broad SMARTS) is 1. The molecule has 1 unspecified atom stereocenters. The number of ether oxygens (including phenoxy) is 2. The Hall–Kier alpha value is -2.08. The van der Waals surface area contributed by atoms with Crippen LogP contribution in [-0.2, 0) is 20.9 Å². The maximum Gasteiger partial charge on any atom is 0.408 e. The Balaban J connectivity index is 2.35. The van der Waals surface area contributed by atoms with Gasteiger partial charge in [0.25, 0.3) is 0 Å². The van der Waals surface area contributed by atoms with Crippen molar-refractivity contribution in [2.24, 2.45) is 0 Å². The van der Waals surface area contributed by atoms with Crippen LogP contribution in [-0.4, -0.2) is 35.4 Å². The topological polar surface area (TPSA) is 84.9 Å². The van der Waals surface area contributed by atoms with Crippen molar-refractivity contribution in [3.8, 4) is 0 Å². The summed E-state index contributed by atoms with van der Waals surface area (Å²) in [6.07, 6.45) is -0.579. The molecule has 0 heterocycles. The number of rotatable bonds is 7. The van der Waals surface area contributed by atoms with E-state index < -0.39 is 23.7 Å². The zero-order chi connectivity index (χ0) is 16.6. The fourth-order valence-corrected chi connectivity index (χ4v) is 1.67. The molecule has 0 aliphatic rings. The molecule has 1 aromatic carbocycles. The van der Waals surface area contributed by atoms with E-state index in [1.54, 1.807) is 20.8 Å². The Kier molecular flexibility index (Phi) is 6.85. The van der Waals surface area contributed by atoms with Crippen LogP contribution in [0.1, 0.15) is 32.8 Å². The Bertz CT molecular complexity index is 481. The molecule has 0 radical (unpaired) electrons. The molecular weight excluding hydrogens is 286 g/mol. The molecule has 6 nitrogen and oxygen atoms in total. The lowest BCUT2D eigenvalue weighted by Crippen LogP contribution is -2.44. The second-order valence-electron chi connectivity index (χ2n) is 5.86. The lowest BCUT2D eigenvalue weighted by atomic mass is 10.2. The quantitative estimate of drug-likeness (QED) is 0.756. The highest BCUT2D eigenvalue weighted by atomic mass is 16.6. The lowest BCUT2D eigenvalue weighted by molar-refractivity contribution is -0.140. The van der Waals surface area contributed by atoms with Crippen molar-refractivity contribution in [3.63, 3.8) is 0 Å². The summed E-state index contributed by atoms with van der Waals surface area (Å²) in [7, 11) is 0. The maximum absolute atomic E-state index is 11.6. The average molecular weight is 309 g/mol. The van der Waals surface area contributed by atoms with Crippen molar-refractivity contribution in [2.45, 2.75) is 45.4 Å². The highest BCUT2D eigenvalue weighted by Crippen LogP contribution is 2.07. The minimum absolute atomic E-state index is 0.168. The van der Waals surface area contributed by atoms with Gasteiger partial charge in [-0.2, -0.15) is 0 Å². The van der Waals surface area contributed by atoms with Crippen LogP contribution in [0.25, 0.3) is 0 Å². The van der Waals surface area contributed by atoms with Gasteiger partial charge in [-0.15, -0.1) is 0 Å². The molecule has 0 aliphatic carbocycles. The van der Waals surface area contributed by atoms with Gasteiger partial charge in [-0.05, 0) is 26.3 Å². The molecule has 0 bridgehead atoms. The third kappa shape index (κ3) is 7.64. The number of hydrogen-bond acceptors (Lipinski definition) is 4. The predicted octanol–water partition coefficient (Wildman–Crippen LogP) is 2.57. The van der Waals surface area contributed by atoms with Crippen molar-refractivity contribution >= 4 is 12.1 Å². The Morgan fingerprint density at radius 1 is 1.23 bits per heavy atom. The summed E-state index contributed by atoms with van der Waals surface area (Å²) in [6.45, 7) is 5.77. The SMILES string of the molecule is CC(C)(C)OC(=O)NC(CCOCc1ccccc1)C(=O)O. The van der Waals surface area contributed by atoms with E-state index >= 15 is 0 Å². The average Bonchev–Trinajstić information content (AvgIpc) is 2.41. The molecule has 0 saturated carbocycles. The van der Waals surface area contributed by atoms with E-state index in [9.17, 15) is 9.59 Å². The number of carboxylic acids is 1. The molecule has 0 aliphatic heterocycles. The van der Waals surface area contributed by atoms with Crippen molar-refractivity contribution in [1.29, 1.82) is 0 Å². The van der Waals surface area contributed by atoms with Gasteiger partial charge < -0.3 is 19.9 Å². The van der Waals surface area contributed by atoms with Gasteiger partial charge >= 0.3 is 12.1 Å². The van der Waals surface area contributed by atoms with Gasteiger partial charge in [-0.3, -0.25) is 0 Å². The summed E-state index contributed by atoms with van der Waals surface area (Å²) >= 11 is 0. The van der Waals surface area contributed by atoms with Gasteiger partial charge in [0, 0.05) is 13.0 Å². The first-order valence-electron chi connectivity index (χ1n) is 7.12. The molecule has 2 N–H and O–H groups in total. The summed E-state index contributed by atoms with van der Waals surface area (Å²) < 4.78 is 10.5. The number of carbonyl (C=O) groups is 2. The van der Waals surface area contributed by atoms with Crippen molar-refractivity contribution in [3.05, 3.63) is 35.9 Å². The van der Waals surface area contributed by atoms with Crippen LogP contribution in [0.2, 0.25) is 0 Å². The third-order valence-electron chi connectivity index (χ3n) is 2.65. The maximum atomic E-state index is 11.6. The number of carbonyl (C=O) groups excluding carboxylic acids is 1. The minimum atomic E-state index is -1.12. The highest BCUT2D eigenvalue weighted by molar-refractivity contribution is 5.79. The summed E-state index contributed by atoms with van der Waals surface area (Å²) in [4.78, 5) is 22.7. The molecule has 1 aromatic rings. The normalized spacial score (nSPS) is 12.5. The molecule has 122 valence electrons. The van der Waals surface area contributed by atoms with Crippen LogP contribution in [0.5, 0.6) is 0 Å². The van der Waals surface area contributed by atoms with Crippen LogP contribution in [0.4, 0.5) is 4.79 Å². The van der Waals surface area contributed by atoms with E-state index in [1.165, 1.54) is 0 Å². The van der Waals surface area contributed by atoms with Gasteiger partial charge in [0.1, 0.15) is 11.6 Å². The zero-order valence-corrected chi connectivity index (χ0v) is 13.2. The molecule has 6 heteroatoms. The second kappa shape index (κ2) is 8.38. The smallest absolute Gasteiger partial charge is 0.408 e. The van der Waals surface area contributed by atoms with Gasteiger partial charge in [0.15, 0.2) is 0 Å². The fraction of sp³-hybridized carbons (Fsp3) is 0.500. The molecule has 0 spiro atoms. The number of aliphatic carboxylic acids is 1. The number of hydrogen-bond donors (Lipinski definition) is 2. The Labute approximate surface area is 130 Å². The standard InChI is InChI=1S/C16H23NO5/c1-16(2,3)22-15(20)17-13(14(18)19)9-10-21-11-12-7-5-4-6-8-12/h4-8,13H,9-11H2,1-3H3,(H,17,20)(H,18,19). The molecule has 0 aromatic heterocycles. The first-order valence-corrected chi connectivity index (χ1v) is 7.12. The number of alkyl carbamates (subject to hydrolysis) is 1. The first-order chi connectivity index (χ1) is 10.3. The van der Waals surface area contributed by atoms with Crippen LogP contribution < -0.4 is 5.32 Å². The van der Waals surface area contributed by atoms with Gasteiger partial charge in [0.2, 0.25) is 0 Å². The van der Waals surface area contributed by atoms with E-state index in [4.69, 9.17) is 14.6 Å². The summed E-state index contributed by atoms with van der Waals surface area (Å²) in [5, 5.41) is 11.4. The van der Waals surface area contributed by atoms with E-state index in [1.807, 2.05) is 30.3 Å². The number of amides is 1. The number of benzene rings is 1. The first kappa shape index (κ1) is 18.0.